The number of nitrogens with one attached hydrogen (secondary N) is 1. The molecule has 0 amide bonds. The standard InChI is InChI=1S/C16H24N2/c1-2-3-4-5-6-9-12-18-13-14-10-7-8-11-15(14)16(18)17/h7-8,10-11,17H,2-6,9,12-13H2,1H3. The van der Waals surface area contributed by atoms with Crippen molar-refractivity contribution in [1.82, 2.24) is 4.90 Å². The molecule has 1 heterocycles. The van der Waals surface area contributed by atoms with E-state index in [2.05, 4.69) is 30.0 Å². The van der Waals surface area contributed by atoms with Crippen LogP contribution in [0.25, 0.3) is 0 Å². The summed E-state index contributed by atoms with van der Waals surface area (Å²) in [6.45, 7) is 4.23. The van der Waals surface area contributed by atoms with Crippen LogP contribution >= 0.6 is 0 Å². The van der Waals surface area contributed by atoms with Crippen LogP contribution in [-0.4, -0.2) is 17.3 Å². The highest BCUT2D eigenvalue weighted by Crippen LogP contribution is 2.22. The van der Waals surface area contributed by atoms with Gasteiger partial charge in [0.1, 0.15) is 5.84 Å². The Balaban J connectivity index is 1.72. The summed E-state index contributed by atoms with van der Waals surface area (Å²) in [5.74, 6) is 0.721. The molecule has 18 heavy (non-hydrogen) atoms. The number of nitrogens with zero attached hydrogens (tertiary/aromatic N) is 1. The quantitative estimate of drug-likeness (QED) is 0.715. The first-order valence-electron chi connectivity index (χ1n) is 7.24. The number of hydrogen-bond acceptors (Lipinski definition) is 1. The third-order valence-electron chi connectivity index (χ3n) is 3.73. The molecule has 98 valence electrons. The molecule has 0 spiro atoms. The fraction of sp³-hybridized carbons (Fsp3) is 0.562. The molecule has 1 aromatic rings. The van der Waals surface area contributed by atoms with E-state index in [-0.39, 0.29) is 0 Å². The molecule has 1 aliphatic heterocycles. The molecule has 0 aliphatic carbocycles. The highest BCUT2D eigenvalue weighted by atomic mass is 15.2. The van der Waals surface area contributed by atoms with E-state index < -0.39 is 0 Å². The van der Waals surface area contributed by atoms with E-state index >= 15 is 0 Å². The Morgan fingerprint density at radius 1 is 1.06 bits per heavy atom. The monoisotopic (exact) mass is 244 g/mol. The van der Waals surface area contributed by atoms with E-state index in [0.717, 1.165) is 24.5 Å². The van der Waals surface area contributed by atoms with Gasteiger partial charge in [-0.1, -0.05) is 63.3 Å². The van der Waals surface area contributed by atoms with Gasteiger partial charge in [0.05, 0.1) is 0 Å². The normalized spacial score (nSPS) is 14.1. The zero-order valence-corrected chi connectivity index (χ0v) is 11.4. The van der Waals surface area contributed by atoms with Crippen LogP contribution in [-0.2, 0) is 6.54 Å². The topological polar surface area (TPSA) is 27.1 Å². The molecule has 0 aromatic heterocycles. The second-order valence-corrected chi connectivity index (χ2v) is 5.20. The Morgan fingerprint density at radius 3 is 2.56 bits per heavy atom. The van der Waals surface area contributed by atoms with Gasteiger partial charge in [-0.25, -0.2) is 0 Å². The smallest absolute Gasteiger partial charge is 0.128 e. The third kappa shape index (κ3) is 3.12. The maximum Gasteiger partial charge on any atom is 0.128 e. The second kappa shape index (κ2) is 6.58. The highest BCUT2D eigenvalue weighted by molar-refractivity contribution is 6.00. The van der Waals surface area contributed by atoms with E-state index in [1.54, 1.807) is 0 Å². The Morgan fingerprint density at radius 2 is 1.78 bits per heavy atom. The number of rotatable bonds is 7. The first-order valence-corrected chi connectivity index (χ1v) is 7.24. The van der Waals surface area contributed by atoms with Gasteiger partial charge in [0, 0.05) is 18.7 Å². The molecule has 2 nitrogen and oxygen atoms in total. The van der Waals surface area contributed by atoms with Crippen LogP contribution in [0.15, 0.2) is 24.3 Å². The maximum absolute atomic E-state index is 8.16. The van der Waals surface area contributed by atoms with E-state index in [1.165, 1.54) is 44.1 Å². The number of unbranched alkanes of at least 4 members (excludes halogenated alkanes) is 5. The number of fused-ring (bicyclic) bond motifs is 1. The van der Waals surface area contributed by atoms with E-state index in [1.807, 2.05) is 6.07 Å². The van der Waals surface area contributed by atoms with Gasteiger partial charge in [-0.3, -0.25) is 5.41 Å². The van der Waals surface area contributed by atoms with E-state index in [4.69, 9.17) is 5.41 Å². The predicted molar refractivity (Wildman–Crippen MR) is 77.1 cm³/mol. The van der Waals surface area contributed by atoms with Crippen LogP contribution in [0.5, 0.6) is 0 Å². The average Bonchev–Trinajstić information content (AvgIpc) is 2.71. The van der Waals surface area contributed by atoms with Crippen LogP contribution in [0, 0.1) is 5.41 Å². The first kappa shape index (κ1) is 13.1. The van der Waals surface area contributed by atoms with Crippen molar-refractivity contribution < 1.29 is 0 Å². The molecule has 1 aromatic carbocycles. The Labute approximate surface area is 111 Å². The van der Waals surface area contributed by atoms with Gasteiger partial charge in [0.15, 0.2) is 0 Å². The zero-order valence-electron chi connectivity index (χ0n) is 11.4. The van der Waals surface area contributed by atoms with Crippen LogP contribution in [0.2, 0.25) is 0 Å². The molecule has 0 radical (unpaired) electrons. The number of amidine groups is 1. The van der Waals surface area contributed by atoms with Gasteiger partial charge in [-0.15, -0.1) is 0 Å². The predicted octanol–water partition coefficient (Wildman–Crippen LogP) is 4.19. The molecule has 0 unspecified atom stereocenters. The molecule has 0 bridgehead atoms. The van der Waals surface area contributed by atoms with E-state index in [0.29, 0.717) is 0 Å². The fourth-order valence-corrected chi connectivity index (χ4v) is 2.62. The highest BCUT2D eigenvalue weighted by Gasteiger charge is 2.22. The lowest BCUT2D eigenvalue weighted by Crippen LogP contribution is -2.24. The van der Waals surface area contributed by atoms with Crippen LogP contribution in [0.3, 0.4) is 0 Å². The van der Waals surface area contributed by atoms with Gasteiger partial charge in [-0.2, -0.15) is 0 Å². The lowest BCUT2D eigenvalue weighted by Gasteiger charge is -2.17. The summed E-state index contributed by atoms with van der Waals surface area (Å²) in [6.07, 6.45) is 7.92. The zero-order chi connectivity index (χ0) is 12.8. The SMILES string of the molecule is CCCCCCCCN1Cc2ccccc2C1=N. The van der Waals surface area contributed by atoms with Gasteiger partial charge >= 0.3 is 0 Å². The van der Waals surface area contributed by atoms with Crippen molar-refractivity contribution in [2.75, 3.05) is 6.54 Å². The van der Waals surface area contributed by atoms with Gasteiger partial charge in [0.2, 0.25) is 0 Å². The van der Waals surface area contributed by atoms with E-state index in [9.17, 15) is 0 Å². The van der Waals surface area contributed by atoms with Crippen molar-refractivity contribution in [2.45, 2.75) is 52.0 Å². The van der Waals surface area contributed by atoms with Crippen molar-refractivity contribution in [2.24, 2.45) is 0 Å². The lowest BCUT2D eigenvalue weighted by atomic mass is 10.1. The molecular formula is C16H24N2. The summed E-state index contributed by atoms with van der Waals surface area (Å²) < 4.78 is 0. The minimum atomic E-state index is 0.721. The summed E-state index contributed by atoms with van der Waals surface area (Å²) >= 11 is 0. The molecule has 1 N–H and O–H groups in total. The first-order chi connectivity index (χ1) is 8.83. The largest absolute Gasteiger partial charge is 0.352 e. The summed E-state index contributed by atoms with van der Waals surface area (Å²) in [5, 5.41) is 8.16. The van der Waals surface area contributed by atoms with Crippen molar-refractivity contribution in [3.8, 4) is 0 Å². The third-order valence-corrected chi connectivity index (χ3v) is 3.73. The minimum absolute atomic E-state index is 0.721. The van der Waals surface area contributed by atoms with Crippen molar-refractivity contribution >= 4 is 5.84 Å². The van der Waals surface area contributed by atoms with Crippen molar-refractivity contribution in [1.29, 1.82) is 5.41 Å². The molecule has 2 heteroatoms. The molecule has 0 atom stereocenters. The number of benzene rings is 1. The molecule has 1 aliphatic rings. The van der Waals surface area contributed by atoms with Crippen LogP contribution in [0.1, 0.15) is 56.6 Å². The van der Waals surface area contributed by atoms with Crippen LogP contribution in [0.4, 0.5) is 0 Å². The molecule has 2 rings (SSSR count). The summed E-state index contributed by atoms with van der Waals surface area (Å²) in [5.41, 5.74) is 2.44. The molecule has 0 saturated heterocycles. The van der Waals surface area contributed by atoms with Gasteiger partial charge < -0.3 is 4.90 Å². The number of hydrogen-bond donors (Lipinski definition) is 1. The van der Waals surface area contributed by atoms with Crippen LogP contribution < -0.4 is 0 Å². The van der Waals surface area contributed by atoms with Crippen molar-refractivity contribution in [3.63, 3.8) is 0 Å². The fourth-order valence-electron chi connectivity index (χ4n) is 2.62. The minimum Gasteiger partial charge on any atom is -0.352 e. The molecular weight excluding hydrogens is 220 g/mol. The maximum atomic E-state index is 8.16. The Kier molecular flexibility index (Phi) is 4.80. The second-order valence-electron chi connectivity index (χ2n) is 5.20. The van der Waals surface area contributed by atoms with Crippen molar-refractivity contribution in [3.05, 3.63) is 35.4 Å². The van der Waals surface area contributed by atoms with Gasteiger partial charge in [0.25, 0.3) is 0 Å². The molecule has 0 fully saturated rings. The summed E-state index contributed by atoms with van der Waals surface area (Å²) in [6, 6.07) is 8.31. The average molecular weight is 244 g/mol. The molecule has 0 saturated carbocycles. The lowest BCUT2D eigenvalue weighted by molar-refractivity contribution is 0.407. The van der Waals surface area contributed by atoms with Gasteiger partial charge in [-0.05, 0) is 12.0 Å². The summed E-state index contributed by atoms with van der Waals surface area (Å²) in [7, 11) is 0. The Bertz CT molecular complexity index is 398. The summed E-state index contributed by atoms with van der Waals surface area (Å²) in [4.78, 5) is 2.21. The Hall–Kier alpha value is -1.31.